The number of anilines is 4. The van der Waals surface area contributed by atoms with Gasteiger partial charge in [-0.05, 0) is 59.9 Å². The normalized spacial score (nSPS) is 14.4. The summed E-state index contributed by atoms with van der Waals surface area (Å²) in [5.74, 6) is 0.611. The van der Waals surface area contributed by atoms with Crippen molar-refractivity contribution in [3.8, 4) is 0 Å². The van der Waals surface area contributed by atoms with Crippen LogP contribution in [-0.4, -0.2) is 40.9 Å². The van der Waals surface area contributed by atoms with E-state index in [4.69, 9.17) is 11.6 Å². The van der Waals surface area contributed by atoms with Crippen molar-refractivity contribution in [1.29, 1.82) is 0 Å². The number of nitrogens with zero attached hydrogens (tertiary/aromatic N) is 3. The quantitative estimate of drug-likeness (QED) is 0.251. The molecule has 39 heavy (non-hydrogen) atoms. The molecule has 0 fully saturated rings. The van der Waals surface area contributed by atoms with Crippen molar-refractivity contribution in [2.45, 2.75) is 19.9 Å². The van der Waals surface area contributed by atoms with Crippen LogP contribution < -0.4 is 16.0 Å². The molecule has 198 valence electrons. The number of halogens is 1. The maximum Gasteiger partial charge on any atom is 0.253 e. The van der Waals surface area contributed by atoms with Gasteiger partial charge in [0.2, 0.25) is 5.95 Å². The predicted octanol–water partition coefficient (Wildman–Crippen LogP) is 6.44. The fraction of sp³-hybridized carbons (Fsp3) is 0.194. The lowest BCUT2D eigenvalue weighted by atomic mass is 9.98. The van der Waals surface area contributed by atoms with E-state index in [0.29, 0.717) is 28.0 Å². The second kappa shape index (κ2) is 12.1. The molecule has 0 aliphatic carbocycles. The molecule has 7 nitrogen and oxygen atoms in total. The summed E-state index contributed by atoms with van der Waals surface area (Å²) >= 11 is 6.41. The first-order valence-corrected chi connectivity index (χ1v) is 13.3. The second-order valence-corrected chi connectivity index (χ2v) is 9.80. The topological polar surface area (TPSA) is 82.2 Å². The van der Waals surface area contributed by atoms with Crippen molar-refractivity contribution in [1.82, 2.24) is 20.2 Å². The number of hydrogen-bond acceptors (Lipinski definition) is 6. The van der Waals surface area contributed by atoms with Crippen molar-refractivity contribution in [3.05, 3.63) is 112 Å². The molecule has 0 unspecified atom stereocenters. The van der Waals surface area contributed by atoms with Gasteiger partial charge in [0.1, 0.15) is 5.02 Å². The van der Waals surface area contributed by atoms with Crippen LogP contribution in [0.15, 0.2) is 85.1 Å². The number of hydrogen-bond donors (Lipinski definition) is 3. The molecule has 1 aliphatic rings. The molecule has 0 radical (unpaired) electrons. The molecule has 2 heterocycles. The summed E-state index contributed by atoms with van der Waals surface area (Å²) in [5.41, 5.74) is 7.18. The van der Waals surface area contributed by atoms with Gasteiger partial charge < -0.3 is 16.0 Å². The van der Waals surface area contributed by atoms with Gasteiger partial charge in [0.15, 0.2) is 5.82 Å². The molecular formula is C31H31ClN6O. The van der Waals surface area contributed by atoms with E-state index in [1.807, 2.05) is 18.2 Å². The summed E-state index contributed by atoms with van der Waals surface area (Å²) in [5, 5.41) is 9.52. The van der Waals surface area contributed by atoms with Crippen LogP contribution in [0.1, 0.15) is 34.0 Å². The summed E-state index contributed by atoms with van der Waals surface area (Å²) in [6.45, 7) is 4.91. The third kappa shape index (κ3) is 6.28. The molecular weight excluding hydrogens is 508 g/mol. The molecule has 0 spiro atoms. The summed E-state index contributed by atoms with van der Waals surface area (Å²) in [6.07, 6.45) is 4.73. The number of benzene rings is 3. The predicted molar refractivity (Wildman–Crippen MR) is 159 cm³/mol. The third-order valence-electron chi connectivity index (χ3n) is 6.80. The monoisotopic (exact) mass is 538 g/mol. The van der Waals surface area contributed by atoms with Crippen LogP contribution in [0.4, 0.5) is 23.1 Å². The lowest BCUT2D eigenvalue weighted by Crippen LogP contribution is -2.25. The summed E-state index contributed by atoms with van der Waals surface area (Å²) < 4.78 is 0. The van der Waals surface area contributed by atoms with Gasteiger partial charge in [-0.1, -0.05) is 66.2 Å². The highest BCUT2D eigenvalue weighted by atomic mass is 35.5. The molecule has 0 saturated carbocycles. The van der Waals surface area contributed by atoms with E-state index in [2.05, 4.69) is 92.3 Å². The molecule has 0 bridgehead atoms. The zero-order chi connectivity index (χ0) is 27.2. The van der Waals surface area contributed by atoms with E-state index in [0.717, 1.165) is 31.7 Å². The Kier molecular flexibility index (Phi) is 8.20. The molecule has 5 rings (SSSR count). The number of allylic oxidation sites excluding steroid dienone is 1. The minimum atomic E-state index is -0.200. The van der Waals surface area contributed by atoms with E-state index in [1.54, 1.807) is 19.3 Å². The Morgan fingerprint density at radius 3 is 2.64 bits per heavy atom. The molecule has 0 saturated heterocycles. The smallest absolute Gasteiger partial charge is 0.253 e. The van der Waals surface area contributed by atoms with Crippen LogP contribution in [-0.2, 0) is 13.0 Å². The fourth-order valence-electron chi connectivity index (χ4n) is 4.77. The van der Waals surface area contributed by atoms with Gasteiger partial charge in [-0.3, -0.25) is 9.69 Å². The van der Waals surface area contributed by atoms with Crippen molar-refractivity contribution in [3.63, 3.8) is 0 Å². The fourth-order valence-corrected chi connectivity index (χ4v) is 4.91. The first kappa shape index (κ1) is 26.4. The van der Waals surface area contributed by atoms with E-state index >= 15 is 0 Å². The van der Waals surface area contributed by atoms with Gasteiger partial charge in [0.25, 0.3) is 5.91 Å². The molecule has 1 aliphatic heterocycles. The second-order valence-electron chi connectivity index (χ2n) is 9.40. The number of amides is 1. The number of carbonyl (C=O) groups is 1. The number of nitrogens with one attached hydrogen (secondary N) is 3. The zero-order valence-electron chi connectivity index (χ0n) is 22.0. The number of rotatable bonds is 7. The summed E-state index contributed by atoms with van der Waals surface area (Å²) in [4.78, 5) is 23.8. The van der Waals surface area contributed by atoms with Gasteiger partial charge in [0.05, 0.1) is 17.4 Å². The Bertz CT molecular complexity index is 1500. The van der Waals surface area contributed by atoms with Crippen molar-refractivity contribution in [2.24, 2.45) is 0 Å². The van der Waals surface area contributed by atoms with Gasteiger partial charge in [-0.15, -0.1) is 0 Å². The van der Waals surface area contributed by atoms with Crippen LogP contribution in [0, 0.1) is 0 Å². The lowest BCUT2D eigenvalue weighted by molar-refractivity contribution is 0.0964. The maximum atomic E-state index is 12.3. The minimum Gasteiger partial charge on any atom is -0.355 e. The number of carbonyl (C=O) groups excluding carboxylic acids is 1. The van der Waals surface area contributed by atoms with Crippen LogP contribution in [0.25, 0.3) is 5.57 Å². The zero-order valence-corrected chi connectivity index (χ0v) is 22.8. The van der Waals surface area contributed by atoms with E-state index in [-0.39, 0.29) is 5.91 Å². The molecule has 0 atom stereocenters. The van der Waals surface area contributed by atoms with Crippen LogP contribution in [0.5, 0.6) is 0 Å². The highest BCUT2D eigenvalue weighted by Crippen LogP contribution is 2.31. The van der Waals surface area contributed by atoms with E-state index in [9.17, 15) is 4.79 Å². The van der Waals surface area contributed by atoms with Crippen LogP contribution in [0.2, 0.25) is 5.02 Å². The van der Waals surface area contributed by atoms with Crippen molar-refractivity contribution >= 4 is 46.2 Å². The molecule has 1 amide bonds. The molecule has 8 heteroatoms. The Morgan fingerprint density at radius 2 is 1.85 bits per heavy atom. The van der Waals surface area contributed by atoms with Crippen LogP contribution >= 0.6 is 11.6 Å². The third-order valence-corrected chi connectivity index (χ3v) is 7.07. The van der Waals surface area contributed by atoms with Gasteiger partial charge in [0, 0.05) is 32.4 Å². The lowest BCUT2D eigenvalue weighted by Gasteiger charge is -2.21. The Labute approximate surface area is 234 Å². The Hall–Kier alpha value is -4.20. The number of aromatic nitrogens is 2. The summed E-state index contributed by atoms with van der Waals surface area (Å²) in [7, 11) is 1.60. The minimum absolute atomic E-state index is 0.200. The average Bonchev–Trinajstić information content (AvgIpc) is 3.14. The molecule has 3 N–H and O–H groups in total. The SMILES string of the molecule is C/C=C1\CN(Cc2ccccc2)CCc2ccc(Nc3ncc(Cl)c(Nc4ccccc4C(=O)NC)n3)cc21. The largest absolute Gasteiger partial charge is 0.355 e. The van der Waals surface area contributed by atoms with E-state index < -0.39 is 0 Å². The van der Waals surface area contributed by atoms with Crippen molar-refractivity contribution < 1.29 is 4.79 Å². The molecule has 1 aromatic heterocycles. The number of fused-ring (bicyclic) bond motifs is 1. The molecule has 4 aromatic rings. The maximum absolute atomic E-state index is 12.3. The Balaban J connectivity index is 1.35. The van der Waals surface area contributed by atoms with Crippen LogP contribution in [0.3, 0.4) is 0 Å². The highest BCUT2D eigenvalue weighted by Gasteiger charge is 2.19. The van der Waals surface area contributed by atoms with Gasteiger partial charge >= 0.3 is 0 Å². The number of para-hydroxylation sites is 1. The first-order valence-electron chi connectivity index (χ1n) is 13.0. The van der Waals surface area contributed by atoms with Crippen molar-refractivity contribution in [2.75, 3.05) is 30.8 Å². The Morgan fingerprint density at radius 1 is 1.05 bits per heavy atom. The van der Waals surface area contributed by atoms with Gasteiger partial charge in [-0.2, -0.15) is 4.98 Å². The van der Waals surface area contributed by atoms with Gasteiger partial charge in [-0.25, -0.2) is 4.98 Å². The summed E-state index contributed by atoms with van der Waals surface area (Å²) in [6, 6.07) is 24.2. The standard InChI is InChI=1S/C31H31ClN6O/c1-3-22-20-38(19-21-9-5-4-6-10-21)16-15-23-13-14-24(17-26(22)23)35-31-34-18-27(32)29(37-31)36-28-12-8-7-11-25(28)30(39)33-2/h3-14,17-18H,15-16,19-20H2,1-2H3,(H,33,39)(H2,34,35,36,37)/b22-3+. The average molecular weight is 539 g/mol. The molecule has 3 aromatic carbocycles. The first-order chi connectivity index (χ1) is 19.0. The highest BCUT2D eigenvalue weighted by molar-refractivity contribution is 6.33. The van der Waals surface area contributed by atoms with E-state index in [1.165, 1.54) is 22.3 Å².